The van der Waals surface area contributed by atoms with E-state index in [4.69, 9.17) is 4.99 Å². The summed E-state index contributed by atoms with van der Waals surface area (Å²) in [5, 5.41) is 6.71. The van der Waals surface area contributed by atoms with Crippen molar-refractivity contribution in [2.75, 3.05) is 32.1 Å². The second-order valence-corrected chi connectivity index (χ2v) is 7.63. The minimum atomic E-state index is 0. The fraction of sp³-hybridized carbons (Fsp3) is 0.391. The van der Waals surface area contributed by atoms with Crippen LogP contribution in [0.15, 0.2) is 59.6 Å². The monoisotopic (exact) mass is 521 g/mol. The van der Waals surface area contributed by atoms with E-state index in [0.717, 1.165) is 30.3 Å². The van der Waals surface area contributed by atoms with Crippen LogP contribution < -0.4 is 15.5 Å². The van der Waals surface area contributed by atoms with Crippen molar-refractivity contribution in [1.82, 2.24) is 15.5 Å². The first-order valence-corrected chi connectivity index (χ1v) is 10.2. The minimum absolute atomic E-state index is 0. The zero-order chi connectivity index (χ0) is 20.6. The standard InChI is InChI=1S/C23H31N5O.HI/c1-4-24-23(25-15-18-10-12-19(13-11-18)16-27(2)3)26-20-14-22(29)28(17-20)21-8-6-5-7-9-21;/h5-13,20H,4,14-17H2,1-3H3,(H2,24,25,26);1H. The maximum atomic E-state index is 12.4. The number of rotatable bonds is 7. The van der Waals surface area contributed by atoms with Crippen molar-refractivity contribution >= 4 is 41.5 Å². The Balaban J connectivity index is 0.00000320. The van der Waals surface area contributed by atoms with Gasteiger partial charge in [0.05, 0.1) is 12.6 Å². The summed E-state index contributed by atoms with van der Waals surface area (Å²) >= 11 is 0. The Bertz CT molecular complexity index is 823. The van der Waals surface area contributed by atoms with E-state index in [9.17, 15) is 4.79 Å². The van der Waals surface area contributed by atoms with Crippen LogP contribution in [0.5, 0.6) is 0 Å². The molecule has 0 spiro atoms. The van der Waals surface area contributed by atoms with Crippen molar-refractivity contribution in [3.05, 3.63) is 65.7 Å². The molecule has 162 valence electrons. The van der Waals surface area contributed by atoms with Gasteiger partial charge in [-0.3, -0.25) is 4.79 Å². The van der Waals surface area contributed by atoms with Crippen molar-refractivity contribution in [3.63, 3.8) is 0 Å². The van der Waals surface area contributed by atoms with Crippen molar-refractivity contribution in [2.45, 2.75) is 32.5 Å². The van der Waals surface area contributed by atoms with Gasteiger partial charge in [0.15, 0.2) is 5.96 Å². The van der Waals surface area contributed by atoms with E-state index in [0.29, 0.717) is 19.5 Å². The van der Waals surface area contributed by atoms with E-state index in [2.05, 4.69) is 53.9 Å². The first kappa shape index (κ1) is 24.1. The molecule has 0 aromatic heterocycles. The zero-order valence-electron chi connectivity index (χ0n) is 18.0. The van der Waals surface area contributed by atoms with Crippen LogP contribution in [0.4, 0.5) is 5.69 Å². The van der Waals surface area contributed by atoms with Crippen LogP contribution in [0.1, 0.15) is 24.5 Å². The van der Waals surface area contributed by atoms with E-state index in [-0.39, 0.29) is 35.9 Å². The molecule has 0 saturated carbocycles. The minimum Gasteiger partial charge on any atom is -0.357 e. The zero-order valence-corrected chi connectivity index (χ0v) is 20.3. The Morgan fingerprint density at radius 2 is 1.77 bits per heavy atom. The Labute approximate surface area is 196 Å². The highest BCUT2D eigenvalue weighted by atomic mass is 127. The average molecular weight is 521 g/mol. The number of hydrogen-bond acceptors (Lipinski definition) is 3. The van der Waals surface area contributed by atoms with E-state index in [1.807, 2.05) is 42.2 Å². The number of benzene rings is 2. The first-order valence-electron chi connectivity index (χ1n) is 10.2. The molecule has 3 rings (SSSR count). The number of carbonyl (C=O) groups excluding carboxylic acids is 1. The van der Waals surface area contributed by atoms with E-state index < -0.39 is 0 Å². The second kappa shape index (κ2) is 11.9. The second-order valence-electron chi connectivity index (χ2n) is 7.63. The number of guanidine groups is 1. The number of amides is 1. The van der Waals surface area contributed by atoms with Crippen molar-refractivity contribution in [2.24, 2.45) is 4.99 Å². The van der Waals surface area contributed by atoms with Crippen molar-refractivity contribution in [3.8, 4) is 0 Å². The molecule has 1 atom stereocenters. The lowest BCUT2D eigenvalue weighted by molar-refractivity contribution is -0.117. The third-order valence-corrected chi connectivity index (χ3v) is 4.82. The van der Waals surface area contributed by atoms with Gasteiger partial charge < -0.3 is 20.4 Å². The fourth-order valence-corrected chi connectivity index (χ4v) is 3.46. The van der Waals surface area contributed by atoms with Gasteiger partial charge in [0.2, 0.25) is 5.91 Å². The Hall–Kier alpha value is -2.13. The van der Waals surface area contributed by atoms with Gasteiger partial charge in [0.25, 0.3) is 0 Å². The maximum Gasteiger partial charge on any atom is 0.229 e. The summed E-state index contributed by atoms with van der Waals surface area (Å²) in [6, 6.07) is 18.4. The van der Waals surface area contributed by atoms with Crippen LogP contribution in [-0.2, 0) is 17.9 Å². The molecule has 1 heterocycles. The highest BCUT2D eigenvalue weighted by Gasteiger charge is 2.31. The number of para-hydroxylation sites is 1. The summed E-state index contributed by atoms with van der Waals surface area (Å²) in [5.41, 5.74) is 3.40. The van der Waals surface area contributed by atoms with Gasteiger partial charge in [-0.2, -0.15) is 0 Å². The number of aliphatic imine (C=N–C) groups is 1. The van der Waals surface area contributed by atoms with Crippen LogP contribution in [0.25, 0.3) is 0 Å². The molecule has 0 bridgehead atoms. The Morgan fingerprint density at radius 1 is 1.10 bits per heavy atom. The summed E-state index contributed by atoms with van der Waals surface area (Å²) in [6.07, 6.45) is 0.471. The molecule has 2 N–H and O–H groups in total. The molecule has 1 unspecified atom stereocenters. The predicted octanol–water partition coefficient (Wildman–Crippen LogP) is 3.23. The first-order chi connectivity index (χ1) is 14.0. The molecule has 1 amide bonds. The van der Waals surface area contributed by atoms with Gasteiger partial charge >= 0.3 is 0 Å². The summed E-state index contributed by atoms with van der Waals surface area (Å²) in [7, 11) is 4.14. The smallest absolute Gasteiger partial charge is 0.229 e. The molecule has 1 fully saturated rings. The largest absolute Gasteiger partial charge is 0.357 e. The van der Waals surface area contributed by atoms with Crippen LogP contribution in [0.2, 0.25) is 0 Å². The lowest BCUT2D eigenvalue weighted by atomic mass is 10.1. The van der Waals surface area contributed by atoms with Crippen molar-refractivity contribution in [1.29, 1.82) is 0 Å². The lowest BCUT2D eigenvalue weighted by Gasteiger charge is -2.19. The molecule has 30 heavy (non-hydrogen) atoms. The molecule has 0 radical (unpaired) electrons. The molecule has 2 aromatic rings. The molecule has 0 aliphatic carbocycles. The number of hydrogen-bond donors (Lipinski definition) is 2. The molecule has 6 nitrogen and oxygen atoms in total. The number of nitrogens with one attached hydrogen (secondary N) is 2. The van der Waals surface area contributed by atoms with Gasteiger partial charge in [-0.15, -0.1) is 24.0 Å². The van der Waals surface area contributed by atoms with E-state index in [1.165, 1.54) is 5.56 Å². The molecular weight excluding hydrogens is 489 g/mol. The summed E-state index contributed by atoms with van der Waals surface area (Å²) in [6.45, 7) is 4.99. The van der Waals surface area contributed by atoms with Gasteiger partial charge in [-0.05, 0) is 44.3 Å². The average Bonchev–Trinajstić information content (AvgIpc) is 3.08. The number of anilines is 1. The van der Waals surface area contributed by atoms with Crippen LogP contribution >= 0.6 is 24.0 Å². The van der Waals surface area contributed by atoms with E-state index >= 15 is 0 Å². The van der Waals surface area contributed by atoms with Crippen LogP contribution in [0.3, 0.4) is 0 Å². The molecule has 7 heteroatoms. The maximum absolute atomic E-state index is 12.4. The highest BCUT2D eigenvalue weighted by molar-refractivity contribution is 14.0. The van der Waals surface area contributed by atoms with Gasteiger partial charge in [-0.25, -0.2) is 4.99 Å². The summed E-state index contributed by atoms with van der Waals surface area (Å²) in [4.78, 5) is 21.1. The normalized spacial score (nSPS) is 16.5. The molecule has 1 saturated heterocycles. The quantitative estimate of drug-likeness (QED) is 0.334. The topological polar surface area (TPSA) is 60.0 Å². The van der Waals surface area contributed by atoms with E-state index in [1.54, 1.807) is 0 Å². The SMILES string of the molecule is CCNC(=NCc1ccc(CN(C)C)cc1)NC1CC(=O)N(c2ccccc2)C1.I. The number of carbonyl (C=O) groups is 1. The van der Waals surface area contributed by atoms with Crippen LogP contribution in [0, 0.1) is 0 Å². The van der Waals surface area contributed by atoms with Gasteiger partial charge in [-0.1, -0.05) is 42.5 Å². The third kappa shape index (κ3) is 6.98. The Morgan fingerprint density at radius 3 is 2.40 bits per heavy atom. The Kier molecular flexibility index (Phi) is 9.58. The third-order valence-electron chi connectivity index (χ3n) is 4.82. The van der Waals surface area contributed by atoms with Gasteiger partial charge in [0, 0.05) is 31.7 Å². The molecule has 2 aromatic carbocycles. The number of halogens is 1. The molecular formula is C23H32IN5O. The van der Waals surface area contributed by atoms with Gasteiger partial charge in [0.1, 0.15) is 0 Å². The van der Waals surface area contributed by atoms with Crippen molar-refractivity contribution < 1.29 is 4.79 Å². The van der Waals surface area contributed by atoms with Crippen LogP contribution in [-0.4, -0.2) is 50.0 Å². The number of nitrogens with zero attached hydrogens (tertiary/aromatic N) is 3. The fourth-order valence-electron chi connectivity index (χ4n) is 3.46. The molecule has 1 aliphatic rings. The summed E-state index contributed by atoms with van der Waals surface area (Å²) < 4.78 is 0. The summed E-state index contributed by atoms with van der Waals surface area (Å²) in [5.74, 6) is 0.888. The predicted molar refractivity (Wildman–Crippen MR) is 134 cm³/mol. The molecule has 1 aliphatic heterocycles. The highest BCUT2D eigenvalue weighted by Crippen LogP contribution is 2.21. The lowest BCUT2D eigenvalue weighted by Crippen LogP contribution is -2.44.